The minimum atomic E-state index is -2.91. The molecule has 0 heterocycles. The molecule has 4 nitrogen and oxygen atoms in total. The molecule has 21 heavy (non-hydrogen) atoms. The van der Waals surface area contributed by atoms with E-state index in [1.54, 1.807) is 7.11 Å². The number of hydrogen-bond acceptors (Lipinski definition) is 4. The number of hydrogen-bond donors (Lipinski definition) is 1. The molecular weight excluding hydrogens is 286 g/mol. The van der Waals surface area contributed by atoms with Gasteiger partial charge in [0.15, 0.2) is 0 Å². The highest BCUT2D eigenvalue weighted by Gasteiger charge is 2.28. The summed E-state index contributed by atoms with van der Waals surface area (Å²) < 4.78 is 28.5. The number of rotatable bonds is 6. The zero-order chi connectivity index (χ0) is 15.3. The minimum Gasteiger partial charge on any atom is -0.380 e. The Morgan fingerprint density at radius 1 is 1.29 bits per heavy atom. The summed E-state index contributed by atoms with van der Waals surface area (Å²) in [6.07, 6.45) is 4.94. The molecule has 0 aromatic heterocycles. The average Bonchev–Trinajstić information content (AvgIpc) is 2.45. The Balaban J connectivity index is 1.89. The van der Waals surface area contributed by atoms with Crippen LogP contribution in [0.15, 0.2) is 24.3 Å². The average molecular weight is 311 g/mol. The summed E-state index contributed by atoms with van der Waals surface area (Å²) in [7, 11) is -1.22. The first-order valence-electron chi connectivity index (χ1n) is 7.48. The molecular formula is C16H25NO3S. The molecule has 0 aliphatic heterocycles. The fourth-order valence-electron chi connectivity index (χ4n) is 2.98. The Hall–Kier alpha value is -0.910. The SMILES string of the molecule is COCc1cccc(CNC2CCCC(S(C)(=O)=O)C2)c1. The summed E-state index contributed by atoms with van der Waals surface area (Å²) in [6, 6.07) is 8.60. The molecule has 1 aromatic carbocycles. The van der Waals surface area contributed by atoms with Crippen molar-refractivity contribution in [3.8, 4) is 0 Å². The molecule has 5 heteroatoms. The topological polar surface area (TPSA) is 55.4 Å². The lowest BCUT2D eigenvalue weighted by Gasteiger charge is -2.28. The van der Waals surface area contributed by atoms with E-state index in [2.05, 4.69) is 17.4 Å². The third-order valence-corrected chi connectivity index (χ3v) is 5.77. The second kappa shape index (κ2) is 7.38. The molecule has 1 saturated carbocycles. The number of methoxy groups -OCH3 is 1. The summed E-state index contributed by atoms with van der Waals surface area (Å²) in [5, 5.41) is 3.33. The van der Waals surface area contributed by atoms with Gasteiger partial charge >= 0.3 is 0 Å². The van der Waals surface area contributed by atoms with Crippen LogP contribution in [0.2, 0.25) is 0 Å². The highest BCUT2D eigenvalue weighted by Crippen LogP contribution is 2.24. The molecule has 1 fully saturated rings. The van der Waals surface area contributed by atoms with Crippen molar-refractivity contribution >= 4 is 9.84 Å². The van der Waals surface area contributed by atoms with Crippen molar-refractivity contribution < 1.29 is 13.2 Å². The van der Waals surface area contributed by atoms with E-state index in [0.717, 1.165) is 37.8 Å². The van der Waals surface area contributed by atoms with E-state index in [9.17, 15) is 8.42 Å². The monoisotopic (exact) mass is 311 g/mol. The standard InChI is InChI=1S/C16H25NO3S/c1-20-12-14-6-3-5-13(9-14)11-17-15-7-4-8-16(10-15)21(2,18)19/h3,5-6,9,15-17H,4,7-8,10-12H2,1-2H3. The van der Waals surface area contributed by atoms with E-state index in [1.165, 1.54) is 11.8 Å². The van der Waals surface area contributed by atoms with Gasteiger partial charge in [-0.3, -0.25) is 0 Å². The van der Waals surface area contributed by atoms with Gasteiger partial charge in [0.2, 0.25) is 0 Å². The number of sulfone groups is 1. The molecule has 0 radical (unpaired) electrons. The third-order valence-electron chi connectivity index (χ3n) is 4.13. The molecule has 1 aromatic rings. The van der Waals surface area contributed by atoms with Crippen molar-refractivity contribution in [1.29, 1.82) is 0 Å². The van der Waals surface area contributed by atoms with Crippen molar-refractivity contribution in [2.24, 2.45) is 0 Å². The number of benzene rings is 1. The van der Waals surface area contributed by atoms with Gasteiger partial charge < -0.3 is 10.1 Å². The molecule has 0 saturated heterocycles. The molecule has 1 N–H and O–H groups in total. The van der Waals surface area contributed by atoms with Gasteiger partial charge in [0.25, 0.3) is 0 Å². The van der Waals surface area contributed by atoms with E-state index in [4.69, 9.17) is 4.74 Å². The van der Waals surface area contributed by atoms with Gasteiger partial charge in [0.05, 0.1) is 11.9 Å². The largest absolute Gasteiger partial charge is 0.380 e. The Morgan fingerprint density at radius 2 is 2.05 bits per heavy atom. The lowest BCUT2D eigenvalue weighted by atomic mass is 9.94. The fraction of sp³-hybridized carbons (Fsp3) is 0.625. The van der Waals surface area contributed by atoms with Crippen LogP contribution in [0.1, 0.15) is 36.8 Å². The van der Waals surface area contributed by atoms with Crippen molar-refractivity contribution in [3.05, 3.63) is 35.4 Å². The smallest absolute Gasteiger partial charge is 0.150 e. The zero-order valence-electron chi connectivity index (χ0n) is 12.8. The van der Waals surface area contributed by atoms with Gasteiger partial charge in [-0.1, -0.05) is 30.7 Å². The van der Waals surface area contributed by atoms with Gasteiger partial charge in [0, 0.05) is 26.0 Å². The van der Waals surface area contributed by atoms with Crippen LogP contribution in [0.4, 0.5) is 0 Å². The first kappa shape index (κ1) is 16.5. The summed E-state index contributed by atoms with van der Waals surface area (Å²) >= 11 is 0. The van der Waals surface area contributed by atoms with Crippen molar-refractivity contribution in [2.75, 3.05) is 13.4 Å². The third kappa shape index (κ3) is 5.09. The molecule has 0 amide bonds. The first-order chi connectivity index (χ1) is 9.99. The summed E-state index contributed by atoms with van der Waals surface area (Å²) in [5.74, 6) is 0. The molecule has 1 aliphatic carbocycles. The first-order valence-corrected chi connectivity index (χ1v) is 9.43. The second-order valence-electron chi connectivity index (χ2n) is 5.95. The maximum atomic E-state index is 11.7. The molecule has 0 spiro atoms. The maximum Gasteiger partial charge on any atom is 0.150 e. The lowest BCUT2D eigenvalue weighted by molar-refractivity contribution is 0.185. The molecule has 0 bridgehead atoms. The Labute approximate surface area is 127 Å². The summed E-state index contributed by atoms with van der Waals surface area (Å²) in [4.78, 5) is 0. The molecule has 2 unspecified atom stereocenters. The van der Waals surface area contributed by atoms with Crippen LogP contribution < -0.4 is 5.32 Å². The predicted molar refractivity (Wildman–Crippen MR) is 84.9 cm³/mol. The van der Waals surface area contributed by atoms with Gasteiger partial charge in [0.1, 0.15) is 9.84 Å². The van der Waals surface area contributed by atoms with E-state index < -0.39 is 9.84 Å². The van der Waals surface area contributed by atoms with E-state index in [0.29, 0.717) is 12.6 Å². The Bertz CT molecular complexity index is 556. The van der Waals surface area contributed by atoms with E-state index in [-0.39, 0.29) is 5.25 Å². The fourth-order valence-corrected chi connectivity index (χ4v) is 4.15. The maximum absolute atomic E-state index is 11.7. The van der Waals surface area contributed by atoms with Gasteiger partial charge in [-0.25, -0.2) is 8.42 Å². The number of ether oxygens (including phenoxy) is 1. The van der Waals surface area contributed by atoms with Gasteiger partial charge in [-0.05, 0) is 30.4 Å². The zero-order valence-corrected chi connectivity index (χ0v) is 13.7. The van der Waals surface area contributed by atoms with Crippen molar-refractivity contribution in [2.45, 2.75) is 50.1 Å². The Kier molecular flexibility index (Phi) is 5.79. The normalized spacial score (nSPS) is 23.1. The van der Waals surface area contributed by atoms with Gasteiger partial charge in [-0.15, -0.1) is 0 Å². The molecule has 2 atom stereocenters. The van der Waals surface area contributed by atoms with Crippen molar-refractivity contribution in [3.63, 3.8) is 0 Å². The van der Waals surface area contributed by atoms with E-state index >= 15 is 0 Å². The van der Waals surface area contributed by atoms with E-state index in [1.807, 2.05) is 12.1 Å². The summed E-state index contributed by atoms with van der Waals surface area (Å²) in [6.45, 7) is 1.39. The highest BCUT2D eigenvalue weighted by atomic mass is 32.2. The van der Waals surface area contributed by atoms with Crippen LogP contribution in [0.3, 0.4) is 0 Å². The molecule has 1 aliphatic rings. The second-order valence-corrected chi connectivity index (χ2v) is 8.27. The van der Waals surface area contributed by atoms with Crippen LogP contribution in [-0.4, -0.2) is 33.1 Å². The number of nitrogens with one attached hydrogen (secondary N) is 1. The lowest BCUT2D eigenvalue weighted by Crippen LogP contribution is -2.38. The molecule has 118 valence electrons. The molecule has 2 rings (SSSR count). The quantitative estimate of drug-likeness (QED) is 0.876. The van der Waals surface area contributed by atoms with Gasteiger partial charge in [-0.2, -0.15) is 0 Å². The van der Waals surface area contributed by atoms with Crippen LogP contribution in [0, 0.1) is 0 Å². The van der Waals surface area contributed by atoms with Crippen LogP contribution >= 0.6 is 0 Å². The predicted octanol–water partition coefficient (Wildman–Crippen LogP) is 2.28. The van der Waals surface area contributed by atoms with Crippen molar-refractivity contribution in [1.82, 2.24) is 5.32 Å². The van der Waals surface area contributed by atoms with Crippen LogP contribution in [0.25, 0.3) is 0 Å². The minimum absolute atomic E-state index is 0.177. The Morgan fingerprint density at radius 3 is 2.76 bits per heavy atom. The van der Waals surface area contributed by atoms with Crippen LogP contribution in [-0.2, 0) is 27.7 Å². The van der Waals surface area contributed by atoms with Crippen LogP contribution in [0.5, 0.6) is 0 Å². The highest BCUT2D eigenvalue weighted by molar-refractivity contribution is 7.91. The summed E-state index contributed by atoms with van der Waals surface area (Å²) in [5.41, 5.74) is 2.38.